The number of hydrogen-bond donors (Lipinski definition) is 0. The van der Waals surface area contributed by atoms with E-state index in [0.717, 1.165) is 13.0 Å². The topological polar surface area (TPSA) is 0 Å². The SMILES string of the molecule is CC=C(C=C(C)F)C(F)(F)F. The fourth-order valence-electron chi connectivity index (χ4n) is 0.543. The van der Waals surface area contributed by atoms with Gasteiger partial charge in [-0.25, -0.2) is 4.39 Å². The van der Waals surface area contributed by atoms with Crippen LogP contribution >= 0.6 is 0 Å². The highest BCUT2D eigenvalue weighted by Crippen LogP contribution is 2.27. The number of hydrogen-bond acceptors (Lipinski definition) is 0. The molecule has 4 heteroatoms. The predicted molar refractivity (Wildman–Crippen MR) is 34.7 cm³/mol. The van der Waals surface area contributed by atoms with E-state index in [1.807, 2.05) is 0 Å². The van der Waals surface area contributed by atoms with Crippen LogP contribution < -0.4 is 0 Å². The molecule has 0 amide bonds. The molecule has 0 saturated heterocycles. The Morgan fingerprint density at radius 1 is 1.27 bits per heavy atom. The summed E-state index contributed by atoms with van der Waals surface area (Å²) >= 11 is 0. The monoisotopic (exact) mass is 168 g/mol. The second-order valence-corrected chi connectivity index (χ2v) is 1.97. The molecule has 0 fully saturated rings. The van der Waals surface area contributed by atoms with E-state index >= 15 is 0 Å². The molecule has 0 aliphatic carbocycles. The van der Waals surface area contributed by atoms with Crippen LogP contribution in [0.4, 0.5) is 17.6 Å². The molecular weight excluding hydrogens is 160 g/mol. The first-order chi connectivity index (χ1) is 4.88. The molecule has 0 rings (SSSR count). The van der Waals surface area contributed by atoms with Crippen LogP contribution in [-0.4, -0.2) is 6.18 Å². The normalized spacial score (nSPS) is 15.5. The Hall–Kier alpha value is -0.800. The van der Waals surface area contributed by atoms with Gasteiger partial charge < -0.3 is 0 Å². The molecule has 0 atom stereocenters. The average molecular weight is 168 g/mol. The molecule has 0 aromatic carbocycles. The molecule has 64 valence electrons. The Labute approximate surface area is 62.2 Å². The third-order valence-electron chi connectivity index (χ3n) is 0.993. The summed E-state index contributed by atoms with van der Waals surface area (Å²) in [5.41, 5.74) is -0.961. The van der Waals surface area contributed by atoms with Gasteiger partial charge in [-0.05, 0) is 19.9 Å². The van der Waals surface area contributed by atoms with Crippen LogP contribution in [0.25, 0.3) is 0 Å². The molecule has 11 heavy (non-hydrogen) atoms. The van der Waals surface area contributed by atoms with Gasteiger partial charge in [-0.2, -0.15) is 13.2 Å². The van der Waals surface area contributed by atoms with Crippen molar-refractivity contribution in [1.29, 1.82) is 0 Å². The van der Waals surface area contributed by atoms with E-state index in [4.69, 9.17) is 0 Å². The molecule has 0 saturated carbocycles. The first-order valence-electron chi connectivity index (χ1n) is 2.95. The summed E-state index contributed by atoms with van der Waals surface area (Å²) in [6.45, 7) is 2.18. The molecule has 0 aromatic heterocycles. The molecule has 0 radical (unpaired) electrons. The van der Waals surface area contributed by atoms with Crippen molar-refractivity contribution in [2.45, 2.75) is 20.0 Å². The minimum Gasteiger partial charge on any atom is -0.212 e. The molecular formula is C7H8F4. The lowest BCUT2D eigenvalue weighted by molar-refractivity contribution is -0.0884. The van der Waals surface area contributed by atoms with Crippen molar-refractivity contribution in [2.24, 2.45) is 0 Å². The molecule has 0 unspecified atom stereocenters. The van der Waals surface area contributed by atoms with Gasteiger partial charge in [-0.1, -0.05) is 6.08 Å². The van der Waals surface area contributed by atoms with Gasteiger partial charge in [-0.3, -0.25) is 0 Å². The highest BCUT2D eigenvalue weighted by atomic mass is 19.4. The minimum absolute atomic E-state index is 0.458. The fourth-order valence-corrected chi connectivity index (χ4v) is 0.543. The molecule has 0 spiro atoms. The lowest BCUT2D eigenvalue weighted by Crippen LogP contribution is -2.09. The zero-order valence-corrected chi connectivity index (χ0v) is 6.17. The van der Waals surface area contributed by atoms with Crippen LogP contribution in [0.5, 0.6) is 0 Å². The van der Waals surface area contributed by atoms with Crippen LogP contribution in [0.2, 0.25) is 0 Å². The average Bonchev–Trinajstić information content (AvgIpc) is 1.79. The van der Waals surface area contributed by atoms with E-state index in [0.29, 0.717) is 6.08 Å². The van der Waals surface area contributed by atoms with Crippen LogP contribution in [0, 0.1) is 0 Å². The van der Waals surface area contributed by atoms with E-state index in [-0.39, 0.29) is 0 Å². The number of allylic oxidation sites excluding steroid dienone is 4. The van der Waals surface area contributed by atoms with Crippen molar-refractivity contribution in [3.8, 4) is 0 Å². The summed E-state index contributed by atoms with van der Waals surface area (Å²) < 4.78 is 47.4. The Balaban J connectivity index is 4.60. The summed E-state index contributed by atoms with van der Waals surface area (Å²) in [5, 5.41) is 0. The number of rotatable bonds is 1. The highest BCUT2D eigenvalue weighted by Gasteiger charge is 2.31. The molecule has 0 aromatic rings. The van der Waals surface area contributed by atoms with E-state index in [1.165, 1.54) is 6.92 Å². The highest BCUT2D eigenvalue weighted by molar-refractivity contribution is 5.24. The number of halogens is 4. The molecule has 0 nitrogen and oxygen atoms in total. The van der Waals surface area contributed by atoms with Crippen LogP contribution in [0.3, 0.4) is 0 Å². The Bertz CT molecular complexity index is 181. The van der Waals surface area contributed by atoms with Gasteiger partial charge >= 0.3 is 6.18 Å². The van der Waals surface area contributed by atoms with E-state index in [2.05, 4.69) is 0 Å². The van der Waals surface area contributed by atoms with E-state index in [9.17, 15) is 17.6 Å². The van der Waals surface area contributed by atoms with Gasteiger partial charge in [0.2, 0.25) is 0 Å². The van der Waals surface area contributed by atoms with Gasteiger partial charge in [-0.15, -0.1) is 0 Å². The Morgan fingerprint density at radius 3 is 1.82 bits per heavy atom. The summed E-state index contributed by atoms with van der Waals surface area (Å²) in [5.74, 6) is -0.851. The minimum atomic E-state index is -4.46. The van der Waals surface area contributed by atoms with Crippen molar-refractivity contribution in [1.82, 2.24) is 0 Å². The molecule has 0 N–H and O–H groups in total. The van der Waals surface area contributed by atoms with Gasteiger partial charge in [0.25, 0.3) is 0 Å². The van der Waals surface area contributed by atoms with E-state index < -0.39 is 17.6 Å². The van der Waals surface area contributed by atoms with E-state index in [1.54, 1.807) is 0 Å². The van der Waals surface area contributed by atoms with Crippen molar-refractivity contribution in [2.75, 3.05) is 0 Å². The van der Waals surface area contributed by atoms with Crippen molar-refractivity contribution < 1.29 is 17.6 Å². The van der Waals surface area contributed by atoms with Crippen molar-refractivity contribution in [3.05, 3.63) is 23.6 Å². The Kier molecular flexibility index (Phi) is 3.29. The van der Waals surface area contributed by atoms with Gasteiger partial charge in [0, 0.05) is 0 Å². The maximum Gasteiger partial charge on any atom is 0.416 e. The largest absolute Gasteiger partial charge is 0.416 e. The van der Waals surface area contributed by atoms with Crippen LogP contribution in [-0.2, 0) is 0 Å². The fraction of sp³-hybridized carbons (Fsp3) is 0.429. The maximum atomic E-state index is 12.0. The lowest BCUT2D eigenvalue weighted by Gasteiger charge is -2.05. The Morgan fingerprint density at radius 2 is 1.73 bits per heavy atom. The standard InChI is InChI=1S/C7H8F4/c1-3-6(4-5(2)8)7(9,10)11/h3-4H,1-2H3. The molecule has 0 heterocycles. The van der Waals surface area contributed by atoms with Crippen LogP contribution in [0.1, 0.15) is 13.8 Å². The predicted octanol–water partition coefficient (Wildman–Crippen LogP) is 3.37. The second-order valence-electron chi connectivity index (χ2n) is 1.97. The van der Waals surface area contributed by atoms with Crippen molar-refractivity contribution >= 4 is 0 Å². The summed E-state index contributed by atoms with van der Waals surface area (Å²) in [4.78, 5) is 0. The molecule has 0 aliphatic rings. The third kappa shape index (κ3) is 3.80. The maximum absolute atomic E-state index is 12.0. The first-order valence-corrected chi connectivity index (χ1v) is 2.95. The molecule has 0 bridgehead atoms. The summed E-state index contributed by atoms with van der Waals surface area (Å²) in [7, 11) is 0. The summed E-state index contributed by atoms with van der Waals surface area (Å²) in [6, 6.07) is 0. The van der Waals surface area contributed by atoms with Gasteiger partial charge in [0.1, 0.15) is 0 Å². The zero-order valence-electron chi connectivity index (χ0n) is 6.17. The smallest absolute Gasteiger partial charge is 0.212 e. The second kappa shape index (κ2) is 3.55. The first kappa shape index (κ1) is 10.2. The number of alkyl halides is 3. The summed E-state index contributed by atoms with van der Waals surface area (Å²) in [6.07, 6.45) is -3.18. The van der Waals surface area contributed by atoms with Crippen molar-refractivity contribution in [3.63, 3.8) is 0 Å². The lowest BCUT2D eigenvalue weighted by atomic mass is 10.2. The van der Waals surface area contributed by atoms with Gasteiger partial charge in [0.05, 0.1) is 11.4 Å². The molecule has 0 aliphatic heterocycles. The van der Waals surface area contributed by atoms with Crippen LogP contribution in [0.15, 0.2) is 23.6 Å². The quantitative estimate of drug-likeness (QED) is 0.416. The van der Waals surface area contributed by atoms with Gasteiger partial charge in [0.15, 0.2) is 0 Å². The zero-order chi connectivity index (χ0) is 9.07. The third-order valence-corrected chi connectivity index (χ3v) is 0.993.